The van der Waals surface area contributed by atoms with Gasteiger partial charge in [0.25, 0.3) is 5.91 Å². The molecule has 0 fully saturated rings. The molecule has 0 saturated heterocycles. The molecule has 158 valence electrons. The molecule has 8 nitrogen and oxygen atoms in total. The van der Waals surface area contributed by atoms with Crippen LogP contribution in [0.2, 0.25) is 10.0 Å². The van der Waals surface area contributed by atoms with Crippen molar-refractivity contribution in [1.29, 1.82) is 0 Å². The van der Waals surface area contributed by atoms with E-state index in [9.17, 15) is 18.4 Å². The first kappa shape index (κ1) is 21.6. The topological polar surface area (TPSA) is 101 Å². The zero-order valence-electron chi connectivity index (χ0n) is 14.7. The van der Waals surface area contributed by atoms with Gasteiger partial charge in [0.2, 0.25) is 11.5 Å². The molecule has 0 bridgehead atoms. The Morgan fingerprint density at radius 3 is 2.50 bits per heavy atom. The minimum Gasteiger partial charge on any atom is -0.291 e. The number of nitrogens with two attached hydrogens (primary N) is 1. The Kier molecular flexibility index (Phi) is 6.55. The Bertz CT molecular complexity index is 1140. The second-order valence-electron chi connectivity index (χ2n) is 5.82. The molecule has 0 saturated carbocycles. The third kappa shape index (κ3) is 4.08. The van der Waals surface area contributed by atoms with E-state index in [4.69, 9.17) is 29.0 Å². The number of hydrogen-bond acceptors (Lipinski definition) is 6. The van der Waals surface area contributed by atoms with E-state index in [1.165, 1.54) is 12.1 Å². The molecule has 0 atom stereocenters. The van der Waals surface area contributed by atoms with Gasteiger partial charge in [-0.15, -0.1) is 5.10 Å². The first-order chi connectivity index (χ1) is 14.4. The molecule has 0 radical (unpaired) electrons. The highest BCUT2D eigenvalue weighted by Crippen LogP contribution is 2.43. The van der Waals surface area contributed by atoms with Gasteiger partial charge in [0.05, 0.1) is 5.39 Å². The van der Waals surface area contributed by atoms with Gasteiger partial charge in [0.1, 0.15) is 11.2 Å². The lowest BCUT2D eigenvalue weighted by molar-refractivity contribution is -0.146. The maximum Gasteiger partial charge on any atom is 0.257 e. The summed E-state index contributed by atoms with van der Waals surface area (Å²) < 4.78 is 39.8. The molecular formula is C17H11Cl2F3N4O4. The van der Waals surface area contributed by atoms with Gasteiger partial charge < -0.3 is 0 Å². The van der Waals surface area contributed by atoms with Crippen molar-refractivity contribution in [3.8, 4) is 11.5 Å². The zero-order valence-corrected chi connectivity index (χ0v) is 16.2. The van der Waals surface area contributed by atoms with E-state index in [2.05, 4.69) is 20.0 Å². The third-order valence-corrected chi connectivity index (χ3v) is 4.69. The number of aromatic nitrogens is 2. The standard InChI is InChI=1S/C17H11Cl2F3N4O4/c18-10-2-1-8(11(19)7-10)5-9-6-13-15(17(29-21)16(9)28-20)12(25-26(13)30-22)3-4-14(27)24-23/h1-4,6-7H,5,23H2,(H,24,27)/b4-3+. The largest absolute Gasteiger partial charge is 0.291 e. The first-order valence-corrected chi connectivity index (χ1v) is 8.76. The summed E-state index contributed by atoms with van der Waals surface area (Å²) in [6.45, 7) is 0. The van der Waals surface area contributed by atoms with E-state index in [1.54, 1.807) is 12.1 Å². The summed E-state index contributed by atoms with van der Waals surface area (Å²) in [5.41, 5.74) is 1.97. The lowest BCUT2D eigenvalue weighted by Crippen LogP contribution is -2.27. The first-order valence-electron chi connectivity index (χ1n) is 8.00. The molecule has 0 spiro atoms. The molecule has 1 amide bonds. The summed E-state index contributed by atoms with van der Waals surface area (Å²) in [6.07, 6.45) is 1.91. The molecule has 2 aromatic carbocycles. The predicted octanol–water partition coefficient (Wildman–Crippen LogP) is 3.78. The van der Waals surface area contributed by atoms with E-state index in [1.807, 2.05) is 5.43 Å². The van der Waals surface area contributed by atoms with E-state index in [-0.39, 0.29) is 33.6 Å². The van der Waals surface area contributed by atoms with Gasteiger partial charge in [-0.1, -0.05) is 34.1 Å². The SMILES string of the molecule is NNC(=O)/C=C/c1nn(OF)c2cc(Cc3ccc(Cl)cc3Cl)c(OF)c(OF)c12. The molecule has 0 aliphatic rings. The minimum absolute atomic E-state index is 0.0234. The molecule has 3 rings (SSSR count). The Hall–Kier alpha value is -3.15. The fourth-order valence-electron chi connectivity index (χ4n) is 2.81. The maximum absolute atomic E-state index is 13.4. The van der Waals surface area contributed by atoms with Gasteiger partial charge in [-0.3, -0.25) is 20.1 Å². The van der Waals surface area contributed by atoms with Crippen LogP contribution in [0.15, 0.2) is 30.3 Å². The number of nitrogens with one attached hydrogen (secondary N) is 1. The molecule has 0 aliphatic carbocycles. The number of carbonyl (C=O) groups excluding carboxylic acids is 1. The van der Waals surface area contributed by atoms with Crippen LogP contribution in [0.25, 0.3) is 17.0 Å². The van der Waals surface area contributed by atoms with Crippen LogP contribution in [0.4, 0.5) is 13.6 Å². The van der Waals surface area contributed by atoms with Crippen LogP contribution >= 0.6 is 23.2 Å². The molecule has 1 aromatic heterocycles. The van der Waals surface area contributed by atoms with E-state index < -0.39 is 17.4 Å². The molecular weight excluding hydrogens is 452 g/mol. The van der Waals surface area contributed by atoms with Crippen LogP contribution < -0.4 is 26.2 Å². The Morgan fingerprint density at radius 2 is 1.90 bits per heavy atom. The van der Waals surface area contributed by atoms with E-state index >= 15 is 0 Å². The molecule has 3 aromatic rings. The van der Waals surface area contributed by atoms with Crippen molar-refractivity contribution in [1.82, 2.24) is 15.4 Å². The van der Waals surface area contributed by atoms with Crippen LogP contribution in [-0.4, -0.2) is 15.9 Å². The number of rotatable bonds is 7. The molecule has 1 heterocycles. The Labute approximate surface area is 176 Å². The maximum atomic E-state index is 13.4. The van der Waals surface area contributed by atoms with Crippen molar-refractivity contribution in [2.24, 2.45) is 5.84 Å². The molecule has 13 heteroatoms. The summed E-state index contributed by atoms with van der Waals surface area (Å²) in [7, 11) is 0. The van der Waals surface area contributed by atoms with Crippen LogP contribution in [-0.2, 0) is 11.2 Å². The molecule has 0 aliphatic heterocycles. The average molecular weight is 463 g/mol. The number of benzene rings is 2. The van der Waals surface area contributed by atoms with Gasteiger partial charge in [-0.05, 0) is 29.8 Å². The van der Waals surface area contributed by atoms with Gasteiger partial charge in [-0.2, -0.15) is 5.04 Å². The normalized spacial score (nSPS) is 11.1. The van der Waals surface area contributed by atoms with Gasteiger partial charge >= 0.3 is 0 Å². The highest BCUT2D eigenvalue weighted by molar-refractivity contribution is 6.35. The smallest absolute Gasteiger partial charge is 0.257 e. The number of hydrazine groups is 1. The number of amides is 1. The summed E-state index contributed by atoms with van der Waals surface area (Å²) >= 11 is 12.0. The van der Waals surface area contributed by atoms with Gasteiger partial charge in [0.15, 0.2) is 0 Å². The highest BCUT2D eigenvalue weighted by Gasteiger charge is 2.26. The fraction of sp³-hybridized carbons (Fsp3) is 0.0588. The van der Waals surface area contributed by atoms with Crippen molar-refractivity contribution in [2.75, 3.05) is 0 Å². The molecule has 3 N–H and O–H groups in total. The molecule has 0 unspecified atom stereocenters. The monoisotopic (exact) mass is 462 g/mol. The number of carbonyl (C=O) groups is 1. The Balaban J connectivity index is 2.22. The summed E-state index contributed by atoms with van der Waals surface area (Å²) in [5.74, 6) is 2.82. The third-order valence-electron chi connectivity index (χ3n) is 4.10. The fourth-order valence-corrected chi connectivity index (χ4v) is 3.29. The number of fused-ring (bicyclic) bond motifs is 1. The quantitative estimate of drug-likeness (QED) is 0.240. The second-order valence-corrected chi connectivity index (χ2v) is 6.67. The van der Waals surface area contributed by atoms with Gasteiger partial charge in [0, 0.05) is 41.7 Å². The number of hydrogen-bond donors (Lipinski definition) is 2. The van der Waals surface area contributed by atoms with Crippen molar-refractivity contribution < 1.29 is 33.3 Å². The molecule has 30 heavy (non-hydrogen) atoms. The summed E-state index contributed by atoms with van der Waals surface area (Å²) in [4.78, 5) is 19.3. The Morgan fingerprint density at radius 1 is 1.17 bits per heavy atom. The number of halogens is 5. The highest BCUT2D eigenvalue weighted by atomic mass is 35.5. The number of nitrogens with zero attached hydrogens (tertiary/aromatic N) is 2. The zero-order chi connectivity index (χ0) is 21.8. The summed E-state index contributed by atoms with van der Waals surface area (Å²) in [6, 6.07) is 5.80. The van der Waals surface area contributed by atoms with Gasteiger partial charge in [-0.25, -0.2) is 5.84 Å². The van der Waals surface area contributed by atoms with Crippen LogP contribution in [0.3, 0.4) is 0 Å². The van der Waals surface area contributed by atoms with Crippen LogP contribution in [0.1, 0.15) is 16.8 Å². The second kappa shape index (κ2) is 9.11. The average Bonchev–Trinajstić information content (AvgIpc) is 3.10. The van der Waals surface area contributed by atoms with Crippen LogP contribution in [0.5, 0.6) is 11.5 Å². The van der Waals surface area contributed by atoms with Crippen LogP contribution in [0, 0.1) is 0 Å². The lowest BCUT2D eigenvalue weighted by Gasteiger charge is -2.11. The van der Waals surface area contributed by atoms with Crippen molar-refractivity contribution in [2.45, 2.75) is 6.42 Å². The van der Waals surface area contributed by atoms with Crippen molar-refractivity contribution >= 4 is 46.1 Å². The summed E-state index contributed by atoms with van der Waals surface area (Å²) in [5, 5.41) is 7.75. The van der Waals surface area contributed by atoms with Crippen molar-refractivity contribution in [3.63, 3.8) is 0 Å². The minimum atomic E-state index is -0.758. The van der Waals surface area contributed by atoms with Crippen molar-refractivity contribution in [3.05, 3.63) is 57.2 Å². The lowest BCUT2D eigenvalue weighted by atomic mass is 10.0. The predicted molar refractivity (Wildman–Crippen MR) is 102 cm³/mol. The van der Waals surface area contributed by atoms with E-state index in [0.717, 1.165) is 12.2 Å². The van der Waals surface area contributed by atoms with E-state index in [0.29, 0.717) is 15.4 Å².